The molecule has 2 nitrogen and oxygen atoms in total. The topological polar surface area (TPSA) is 15.3 Å². The lowest BCUT2D eigenvalue weighted by atomic mass is 10.3. The third-order valence-electron chi connectivity index (χ3n) is 0.938. The van der Waals surface area contributed by atoms with Crippen LogP contribution in [0, 0.1) is 0 Å². The zero-order valence-corrected chi connectivity index (χ0v) is 5.65. The third-order valence-corrected chi connectivity index (χ3v) is 0.938. The molecule has 0 aromatic rings. The Hall–Kier alpha value is -0.0151. The van der Waals surface area contributed by atoms with Crippen LogP contribution in [-0.4, -0.2) is 40.0 Å². The summed E-state index contributed by atoms with van der Waals surface area (Å²) < 4.78 is 0. The van der Waals surface area contributed by atoms with Crippen molar-refractivity contribution in [3.8, 4) is 0 Å². The van der Waals surface area contributed by atoms with Crippen molar-refractivity contribution in [2.45, 2.75) is 6.42 Å². The van der Waals surface area contributed by atoms with Crippen molar-refractivity contribution in [1.82, 2.24) is 10.1 Å². The van der Waals surface area contributed by atoms with Gasteiger partial charge in [0.25, 0.3) is 0 Å². The molecule has 0 aromatic carbocycles. The zero-order chi connectivity index (χ0) is 6.41. The summed E-state index contributed by atoms with van der Waals surface area (Å²) in [5.74, 6) is 0. The SMILES string of the molecule is [B]N(C)CCCNC. The first-order chi connectivity index (χ1) is 3.77. The maximum absolute atomic E-state index is 5.34. The first-order valence-corrected chi connectivity index (χ1v) is 2.88. The molecule has 0 aromatic heterocycles. The van der Waals surface area contributed by atoms with E-state index in [0.717, 1.165) is 19.5 Å². The Morgan fingerprint density at radius 2 is 2.25 bits per heavy atom. The highest BCUT2D eigenvalue weighted by Crippen LogP contribution is 1.77. The molecule has 0 aliphatic rings. The molecule has 46 valence electrons. The van der Waals surface area contributed by atoms with E-state index in [4.69, 9.17) is 7.98 Å². The van der Waals surface area contributed by atoms with Crippen molar-refractivity contribution in [2.75, 3.05) is 27.2 Å². The summed E-state index contributed by atoms with van der Waals surface area (Å²) in [6.45, 7) is 2.00. The summed E-state index contributed by atoms with van der Waals surface area (Å²) in [5, 5.41) is 3.04. The maximum Gasteiger partial charge on any atom is 0.182 e. The van der Waals surface area contributed by atoms with Gasteiger partial charge >= 0.3 is 0 Å². The highest BCUT2D eigenvalue weighted by molar-refractivity contribution is 6.04. The van der Waals surface area contributed by atoms with Gasteiger partial charge in [-0.25, -0.2) is 0 Å². The van der Waals surface area contributed by atoms with Crippen LogP contribution in [0.4, 0.5) is 0 Å². The van der Waals surface area contributed by atoms with Crippen molar-refractivity contribution in [3.63, 3.8) is 0 Å². The van der Waals surface area contributed by atoms with Crippen LogP contribution in [0.15, 0.2) is 0 Å². The molecule has 0 saturated heterocycles. The predicted molar refractivity (Wildman–Crippen MR) is 36.9 cm³/mol. The normalized spacial score (nSPS) is 10.4. The molecule has 2 radical (unpaired) electrons. The van der Waals surface area contributed by atoms with E-state index in [0.29, 0.717) is 0 Å². The van der Waals surface area contributed by atoms with Gasteiger partial charge in [-0.05, 0) is 33.6 Å². The van der Waals surface area contributed by atoms with Crippen LogP contribution in [0.1, 0.15) is 6.42 Å². The molecule has 0 bridgehead atoms. The number of rotatable bonds is 4. The van der Waals surface area contributed by atoms with Crippen LogP contribution >= 0.6 is 0 Å². The zero-order valence-electron chi connectivity index (χ0n) is 5.65. The standard InChI is InChI=1S/C5H13BN2/c1-7-4-3-5-8(2)6/h7H,3-5H2,1-2H3. The van der Waals surface area contributed by atoms with E-state index >= 15 is 0 Å². The van der Waals surface area contributed by atoms with Gasteiger partial charge in [0.15, 0.2) is 7.98 Å². The number of nitrogens with one attached hydrogen (secondary N) is 1. The fourth-order valence-electron chi connectivity index (χ4n) is 0.505. The molecule has 0 aliphatic heterocycles. The minimum atomic E-state index is 0.959. The second kappa shape index (κ2) is 5.13. The van der Waals surface area contributed by atoms with E-state index in [1.165, 1.54) is 0 Å². The van der Waals surface area contributed by atoms with E-state index in [-0.39, 0.29) is 0 Å². The molecule has 8 heavy (non-hydrogen) atoms. The first-order valence-electron chi connectivity index (χ1n) is 2.88. The first kappa shape index (κ1) is 7.98. The number of hydrogen-bond acceptors (Lipinski definition) is 2. The number of hydrogen-bond donors (Lipinski definition) is 1. The lowest BCUT2D eigenvalue weighted by molar-refractivity contribution is 0.516. The van der Waals surface area contributed by atoms with Crippen LogP contribution in [0.5, 0.6) is 0 Å². The van der Waals surface area contributed by atoms with Gasteiger partial charge in [0, 0.05) is 0 Å². The van der Waals surface area contributed by atoms with Crippen molar-refractivity contribution in [2.24, 2.45) is 0 Å². The van der Waals surface area contributed by atoms with Crippen LogP contribution in [-0.2, 0) is 0 Å². The van der Waals surface area contributed by atoms with Gasteiger partial charge in [0.1, 0.15) is 0 Å². The molecule has 1 N–H and O–H groups in total. The van der Waals surface area contributed by atoms with E-state index in [1.54, 1.807) is 4.81 Å². The van der Waals surface area contributed by atoms with Gasteiger partial charge in [-0.2, -0.15) is 0 Å². The van der Waals surface area contributed by atoms with Gasteiger partial charge in [0.2, 0.25) is 0 Å². The summed E-state index contributed by atoms with van der Waals surface area (Å²) in [6.07, 6.45) is 1.11. The van der Waals surface area contributed by atoms with Gasteiger partial charge in [-0.15, -0.1) is 0 Å². The molecule has 0 saturated carbocycles. The van der Waals surface area contributed by atoms with Crippen molar-refractivity contribution < 1.29 is 0 Å². The summed E-state index contributed by atoms with van der Waals surface area (Å²) >= 11 is 0. The fourth-order valence-corrected chi connectivity index (χ4v) is 0.505. The maximum atomic E-state index is 5.34. The summed E-state index contributed by atoms with van der Waals surface area (Å²) in [4.78, 5) is 1.69. The quantitative estimate of drug-likeness (QED) is 0.393. The Labute approximate surface area is 52.7 Å². The van der Waals surface area contributed by atoms with Crippen LogP contribution in [0.2, 0.25) is 0 Å². The van der Waals surface area contributed by atoms with E-state index in [2.05, 4.69) is 5.32 Å². The minimum Gasteiger partial charge on any atom is -0.356 e. The lowest BCUT2D eigenvalue weighted by Gasteiger charge is -2.07. The Morgan fingerprint density at radius 1 is 1.62 bits per heavy atom. The number of nitrogens with zero attached hydrogens (tertiary/aromatic N) is 1. The van der Waals surface area contributed by atoms with Gasteiger partial charge in [0.05, 0.1) is 0 Å². The summed E-state index contributed by atoms with van der Waals surface area (Å²) in [5.41, 5.74) is 0. The fraction of sp³-hybridized carbons (Fsp3) is 1.00. The largest absolute Gasteiger partial charge is 0.356 e. The molecule has 0 atom stereocenters. The predicted octanol–water partition coefficient (Wildman–Crippen LogP) is -0.389. The molecule has 0 heterocycles. The average Bonchev–Trinajstić information content (AvgIpc) is 1.66. The Balaban J connectivity index is 2.72. The Bertz CT molecular complexity index is 47.7. The molecule has 0 aliphatic carbocycles. The van der Waals surface area contributed by atoms with E-state index in [1.807, 2.05) is 14.1 Å². The highest BCUT2D eigenvalue weighted by atomic mass is 15.0. The lowest BCUT2D eigenvalue weighted by Crippen LogP contribution is -2.19. The molecule has 0 unspecified atom stereocenters. The molecule has 0 rings (SSSR count). The minimum absolute atomic E-state index is 0.959. The molecule has 0 fully saturated rings. The smallest absolute Gasteiger partial charge is 0.182 e. The van der Waals surface area contributed by atoms with Crippen LogP contribution in [0.25, 0.3) is 0 Å². The summed E-state index contributed by atoms with van der Waals surface area (Å²) in [6, 6.07) is 0. The van der Waals surface area contributed by atoms with Gasteiger partial charge < -0.3 is 10.1 Å². The van der Waals surface area contributed by atoms with Gasteiger partial charge in [-0.1, -0.05) is 0 Å². The molecule has 3 heteroatoms. The molecular weight excluding hydrogens is 98.9 g/mol. The van der Waals surface area contributed by atoms with Gasteiger partial charge in [-0.3, -0.25) is 0 Å². The Morgan fingerprint density at radius 3 is 2.62 bits per heavy atom. The summed E-state index contributed by atoms with van der Waals surface area (Å²) in [7, 11) is 9.15. The second-order valence-electron chi connectivity index (χ2n) is 1.94. The highest BCUT2D eigenvalue weighted by Gasteiger charge is 1.85. The molecular formula is C5H13BN2. The van der Waals surface area contributed by atoms with E-state index < -0.39 is 0 Å². The van der Waals surface area contributed by atoms with Crippen molar-refractivity contribution in [1.29, 1.82) is 0 Å². The van der Waals surface area contributed by atoms with E-state index in [9.17, 15) is 0 Å². The van der Waals surface area contributed by atoms with Crippen LogP contribution < -0.4 is 5.32 Å². The van der Waals surface area contributed by atoms with Crippen LogP contribution in [0.3, 0.4) is 0 Å². The Kier molecular flexibility index (Phi) is 5.12. The van der Waals surface area contributed by atoms with Crippen molar-refractivity contribution >= 4 is 7.98 Å². The monoisotopic (exact) mass is 112 g/mol. The second-order valence-corrected chi connectivity index (χ2v) is 1.94. The molecule has 0 spiro atoms. The average molecular weight is 112 g/mol. The van der Waals surface area contributed by atoms with Crippen molar-refractivity contribution in [3.05, 3.63) is 0 Å². The molecule has 0 amide bonds. The third kappa shape index (κ3) is 5.98.